The zero-order chi connectivity index (χ0) is 18.1. The van der Waals surface area contributed by atoms with Gasteiger partial charge in [-0.15, -0.1) is 0 Å². The molecule has 134 valence electrons. The van der Waals surface area contributed by atoms with Crippen LogP contribution < -0.4 is 15.8 Å². The number of hydrogen-bond acceptors (Lipinski definition) is 5. The van der Waals surface area contributed by atoms with Crippen LogP contribution in [0.5, 0.6) is 0 Å². The molecule has 25 heavy (non-hydrogen) atoms. The largest absolute Gasteiger partial charge is 0.330 e. The Labute approximate surface area is 147 Å². The summed E-state index contributed by atoms with van der Waals surface area (Å²) in [5.74, 6) is 0.150. The number of carbonyl (C=O) groups excluding carboxylic acids is 1. The first-order valence-corrected chi connectivity index (χ1v) is 9.53. The van der Waals surface area contributed by atoms with E-state index >= 15 is 0 Å². The quantitative estimate of drug-likeness (QED) is 0.592. The molecule has 1 aromatic carbocycles. The van der Waals surface area contributed by atoms with Crippen molar-refractivity contribution < 1.29 is 13.2 Å². The third-order valence-corrected chi connectivity index (χ3v) is 4.83. The molecule has 0 atom stereocenters. The Hall–Kier alpha value is -2.45. The fourth-order valence-corrected chi connectivity index (χ4v) is 3.18. The molecule has 0 bridgehead atoms. The van der Waals surface area contributed by atoms with E-state index in [0.29, 0.717) is 18.7 Å². The molecule has 0 spiro atoms. The molecule has 1 aromatic heterocycles. The molecule has 0 aliphatic heterocycles. The monoisotopic (exact) mass is 362 g/mol. The predicted octanol–water partition coefficient (Wildman–Crippen LogP) is 2.34. The Bertz CT molecular complexity index is 777. The van der Waals surface area contributed by atoms with Gasteiger partial charge < -0.3 is 11.1 Å². The molecule has 2 rings (SSSR count). The van der Waals surface area contributed by atoms with Crippen molar-refractivity contribution in [1.82, 2.24) is 4.98 Å². The first-order chi connectivity index (χ1) is 12.0. The highest BCUT2D eigenvalue weighted by Gasteiger charge is 2.14. The SMILES string of the molecule is NCCCCCC(=O)Nc1ccc(S(=O)(=O)Nc2ccccn2)cc1. The fraction of sp³-hybridized carbons (Fsp3) is 0.294. The van der Waals surface area contributed by atoms with E-state index in [1.54, 1.807) is 30.3 Å². The van der Waals surface area contributed by atoms with Crippen molar-refractivity contribution in [1.29, 1.82) is 0 Å². The van der Waals surface area contributed by atoms with Gasteiger partial charge in [0.1, 0.15) is 5.82 Å². The van der Waals surface area contributed by atoms with Crippen molar-refractivity contribution in [2.45, 2.75) is 30.6 Å². The summed E-state index contributed by atoms with van der Waals surface area (Å²) in [5, 5.41) is 2.75. The summed E-state index contributed by atoms with van der Waals surface area (Å²) in [5.41, 5.74) is 5.96. The van der Waals surface area contributed by atoms with Crippen LogP contribution in [0.4, 0.5) is 11.5 Å². The first kappa shape index (κ1) is 18.9. The minimum atomic E-state index is -3.72. The maximum absolute atomic E-state index is 12.3. The van der Waals surface area contributed by atoms with Crippen molar-refractivity contribution in [2.24, 2.45) is 5.73 Å². The van der Waals surface area contributed by atoms with E-state index in [-0.39, 0.29) is 16.6 Å². The average Bonchev–Trinajstić information content (AvgIpc) is 2.60. The minimum Gasteiger partial charge on any atom is -0.330 e. The predicted molar refractivity (Wildman–Crippen MR) is 97.6 cm³/mol. The molecule has 1 amide bonds. The van der Waals surface area contributed by atoms with Crippen LogP contribution in [-0.2, 0) is 14.8 Å². The summed E-state index contributed by atoms with van der Waals surface area (Å²) in [7, 11) is -3.72. The second-order valence-electron chi connectivity index (χ2n) is 5.49. The number of pyridine rings is 1. The summed E-state index contributed by atoms with van der Waals surface area (Å²) < 4.78 is 27.0. The van der Waals surface area contributed by atoms with Crippen molar-refractivity contribution in [3.05, 3.63) is 48.7 Å². The van der Waals surface area contributed by atoms with E-state index in [1.807, 2.05) is 0 Å². The standard InChI is InChI=1S/C17H22N4O3S/c18-12-4-1-2-7-17(22)20-14-8-10-15(11-9-14)25(23,24)21-16-6-3-5-13-19-16/h3,5-6,8-11,13H,1-2,4,7,12,18H2,(H,19,21)(H,20,22). The van der Waals surface area contributed by atoms with Crippen LogP contribution in [0.3, 0.4) is 0 Å². The smallest absolute Gasteiger partial charge is 0.263 e. The Morgan fingerprint density at radius 3 is 2.44 bits per heavy atom. The summed E-state index contributed by atoms with van der Waals surface area (Å²) in [6.45, 7) is 0.629. The molecule has 8 heteroatoms. The van der Waals surface area contributed by atoms with Gasteiger partial charge in [0.2, 0.25) is 5.91 Å². The minimum absolute atomic E-state index is 0.0964. The second-order valence-corrected chi connectivity index (χ2v) is 7.17. The van der Waals surface area contributed by atoms with E-state index in [2.05, 4.69) is 15.0 Å². The van der Waals surface area contributed by atoms with Gasteiger partial charge in [-0.3, -0.25) is 9.52 Å². The first-order valence-electron chi connectivity index (χ1n) is 8.05. The van der Waals surface area contributed by atoms with Crippen LogP contribution in [-0.4, -0.2) is 25.9 Å². The third-order valence-electron chi connectivity index (χ3n) is 3.46. The maximum Gasteiger partial charge on any atom is 0.263 e. The molecule has 0 saturated carbocycles. The van der Waals surface area contributed by atoms with Gasteiger partial charge in [0.05, 0.1) is 4.90 Å². The van der Waals surface area contributed by atoms with E-state index in [0.717, 1.165) is 19.3 Å². The number of hydrogen-bond donors (Lipinski definition) is 3. The molecule has 4 N–H and O–H groups in total. The van der Waals surface area contributed by atoms with Gasteiger partial charge >= 0.3 is 0 Å². The number of rotatable bonds is 9. The third kappa shape index (κ3) is 6.17. The van der Waals surface area contributed by atoms with Crippen molar-refractivity contribution in [2.75, 3.05) is 16.6 Å². The molecular weight excluding hydrogens is 340 g/mol. The van der Waals surface area contributed by atoms with E-state index < -0.39 is 10.0 Å². The number of nitrogens with zero attached hydrogens (tertiary/aromatic N) is 1. The number of carbonyl (C=O) groups is 1. The van der Waals surface area contributed by atoms with Crippen molar-refractivity contribution >= 4 is 27.4 Å². The lowest BCUT2D eigenvalue weighted by atomic mass is 10.2. The Kier molecular flexibility index (Phi) is 6.91. The number of nitrogens with two attached hydrogens (primary N) is 1. The maximum atomic E-state index is 12.3. The molecule has 0 saturated heterocycles. The zero-order valence-electron chi connectivity index (χ0n) is 13.8. The normalized spacial score (nSPS) is 11.1. The van der Waals surface area contributed by atoms with E-state index in [9.17, 15) is 13.2 Å². The van der Waals surface area contributed by atoms with E-state index in [4.69, 9.17) is 5.73 Å². The summed E-state index contributed by atoms with van der Waals surface area (Å²) in [6.07, 6.45) is 4.53. The number of aromatic nitrogens is 1. The topological polar surface area (TPSA) is 114 Å². The van der Waals surface area contributed by atoms with Gasteiger partial charge in [-0.2, -0.15) is 0 Å². The highest BCUT2D eigenvalue weighted by Crippen LogP contribution is 2.17. The van der Waals surface area contributed by atoms with Gasteiger partial charge in [-0.1, -0.05) is 12.5 Å². The number of benzene rings is 1. The molecule has 0 aliphatic rings. The molecule has 2 aromatic rings. The lowest BCUT2D eigenvalue weighted by Gasteiger charge is -2.09. The van der Waals surface area contributed by atoms with Crippen LogP contribution in [0.2, 0.25) is 0 Å². The Balaban J connectivity index is 1.93. The van der Waals surface area contributed by atoms with Crippen molar-refractivity contribution in [3.63, 3.8) is 0 Å². The number of sulfonamides is 1. The number of unbranched alkanes of at least 4 members (excludes halogenated alkanes) is 2. The lowest BCUT2D eigenvalue weighted by Crippen LogP contribution is -2.14. The Morgan fingerprint density at radius 2 is 1.80 bits per heavy atom. The molecule has 7 nitrogen and oxygen atoms in total. The molecule has 1 heterocycles. The molecule has 0 radical (unpaired) electrons. The fourth-order valence-electron chi connectivity index (χ4n) is 2.17. The van der Waals surface area contributed by atoms with Crippen LogP contribution in [0, 0.1) is 0 Å². The summed E-state index contributed by atoms with van der Waals surface area (Å²) in [4.78, 5) is 15.8. The average molecular weight is 362 g/mol. The Morgan fingerprint density at radius 1 is 1.04 bits per heavy atom. The highest BCUT2D eigenvalue weighted by molar-refractivity contribution is 7.92. The lowest BCUT2D eigenvalue weighted by molar-refractivity contribution is -0.116. The van der Waals surface area contributed by atoms with Gasteiger partial charge in [0.15, 0.2) is 0 Å². The number of amides is 1. The number of anilines is 2. The van der Waals surface area contributed by atoms with Gasteiger partial charge in [-0.25, -0.2) is 13.4 Å². The van der Waals surface area contributed by atoms with Gasteiger partial charge in [0.25, 0.3) is 10.0 Å². The van der Waals surface area contributed by atoms with Crippen LogP contribution in [0.1, 0.15) is 25.7 Å². The molecule has 0 fully saturated rings. The highest BCUT2D eigenvalue weighted by atomic mass is 32.2. The van der Waals surface area contributed by atoms with Gasteiger partial charge in [0, 0.05) is 18.3 Å². The molecule has 0 aliphatic carbocycles. The molecular formula is C17H22N4O3S. The summed E-state index contributed by atoms with van der Waals surface area (Å²) >= 11 is 0. The van der Waals surface area contributed by atoms with Gasteiger partial charge in [-0.05, 0) is 55.8 Å². The van der Waals surface area contributed by atoms with Crippen LogP contribution in [0.15, 0.2) is 53.6 Å². The zero-order valence-corrected chi connectivity index (χ0v) is 14.6. The number of nitrogens with one attached hydrogen (secondary N) is 2. The summed E-state index contributed by atoms with van der Waals surface area (Å²) in [6, 6.07) is 11.0. The van der Waals surface area contributed by atoms with Crippen LogP contribution >= 0.6 is 0 Å². The molecule has 0 unspecified atom stereocenters. The second kappa shape index (κ2) is 9.14. The van der Waals surface area contributed by atoms with Crippen LogP contribution in [0.25, 0.3) is 0 Å². The van der Waals surface area contributed by atoms with Crippen molar-refractivity contribution in [3.8, 4) is 0 Å². The van der Waals surface area contributed by atoms with E-state index in [1.165, 1.54) is 18.3 Å².